The fourth-order valence-corrected chi connectivity index (χ4v) is 3.16. The van der Waals surface area contributed by atoms with E-state index in [1.165, 1.54) is 11.3 Å². The van der Waals surface area contributed by atoms with Crippen LogP contribution in [0.25, 0.3) is 0 Å². The highest BCUT2D eigenvalue weighted by molar-refractivity contribution is 7.73. The minimum absolute atomic E-state index is 0.101. The number of benzene rings is 1. The molecule has 1 amide bonds. The number of ether oxygens (including phenoxy) is 2. The van der Waals surface area contributed by atoms with Gasteiger partial charge >= 0.3 is 0 Å². The number of thiazole rings is 1. The number of hydrogen-bond acceptors (Lipinski definition) is 5. The van der Waals surface area contributed by atoms with Crippen molar-refractivity contribution in [1.82, 2.24) is 4.98 Å². The van der Waals surface area contributed by atoms with Gasteiger partial charge in [-0.1, -0.05) is 0 Å². The Morgan fingerprint density at radius 1 is 1.33 bits per heavy atom. The van der Waals surface area contributed by atoms with Crippen LogP contribution in [-0.2, 0) is 11.2 Å². The molecule has 1 aromatic heterocycles. The van der Waals surface area contributed by atoms with Gasteiger partial charge in [0.2, 0.25) is 5.91 Å². The molecule has 0 aliphatic rings. The highest BCUT2D eigenvalue weighted by Crippen LogP contribution is 2.29. The second-order valence-corrected chi connectivity index (χ2v) is 6.13. The van der Waals surface area contributed by atoms with E-state index >= 15 is 0 Å². The van der Waals surface area contributed by atoms with Crippen LogP contribution in [0.4, 0.5) is 5.69 Å². The van der Waals surface area contributed by atoms with E-state index in [0.717, 1.165) is 10.6 Å². The van der Waals surface area contributed by atoms with E-state index in [2.05, 4.69) is 10.3 Å². The molecule has 0 spiro atoms. The van der Waals surface area contributed by atoms with Crippen molar-refractivity contribution in [3.63, 3.8) is 0 Å². The SMILES string of the molecule is COc1ccc(NC(=O)Cc2sc(=S)[nH]c2C)cc1OC. The fraction of sp³-hybridized carbons (Fsp3) is 0.286. The molecule has 0 unspecified atom stereocenters. The molecule has 2 N–H and O–H groups in total. The zero-order valence-corrected chi connectivity index (χ0v) is 13.6. The lowest BCUT2D eigenvalue weighted by Crippen LogP contribution is -2.14. The second kappa shape index (κ2) is 6.73. The molecule has 5 nitrogen and oxygen atoms in total. The third-order valence-electron chi connectivity index (χ3n) is 2.91. The number of carbonyl (C=O) groups excluding carboxylic acids is 1. The Kier molecular flexibility index (Phi) is 4.98. The summed E-state index contributed by atoms with van der Waals surface area (Å²) >= 11 is 6.48. The number of methoxy groups -OCH3 is 2. The summed E-state index contributed by atoms with van der Waals surface area (Å²) in [6.07, 6.45) is 0.290. The molecular weight excluding hydrogens is 308 g/mol. The van der Waals surface area contributed by atoms with Crippen molar-refractivity contribution < 1.29 is 14.3 Å². The summed E-state index contributed by atoms with van der Waals surface area (Å²) in [4.78, 5) is 16.0. The predicted molar refractivity (Wildman–Crippen MR) is 86.1 cm³/mol. The maximum atomic E-state index is 12.1. The Morgan fingerprint density at radius 2 is 2.05 bits per heavy atom. The van der Waals surface area contributed by atoms with Crippen LogP contribution in [0.1, 0.15) is 10.6 Å². The maximum absolute atomic E-state index is 12.1. The molecule has 2 aromatic rings. The highest BCUT2D eigenvalue weighted by Gasteiger charge is 2.11. The van der Waals surface area contributed by atoms with Crippen molar-refractivity contribution in [2.75, 3.05) is 19.5 Å². The number of carbonyl (C=O) groups is 1. The summed E-state index contributed by atoms with van der Waals surface area (Å²) in [6, 6.07) is 5.24. The minimum Gasteiger partial charge on any atom is -0.493 e. The molecule has 1 aromatic carbocycles. The van der Waals surface area contributed by atoms with Gasteiger partial charge in [-0.15, -0.1) is 11.3 Å². The Labute approximate surface area is 131 Å². The number of H-pyrrole nitrogens is 1. The maximum Gasteiger partial charge on any atom is 0.229 e. The van der Waals surface area contributed by atoms with E-state index in [1.807, 2.05) is 6.92 Å². The molecule has 0 atom stereocenters. The molecule has 7 heteroatoms. The van der Waals surface area contributed by atoms with Crippen molar-refractivity contribution >= 4 is 35.1 Å². The van der Waals surface area contributed by atoms with Crippen LogP contribution < -0.4 is 14.8 Å². The molecule has 21 heavy (non-hydrogen) atoms. The average molecular weight is 324 g/mol. The molecule has 1 heterocycles. The van der Waals surface area contributed by atoms with Crippen molar-refractivity contribution in [3.8, 4) is 11.5 Å². The third-order valence-corrected chi connectivity index (χ3v) is 4.25. The molecule has 0 saturated heterocycles. The van der Waals surface area contributed by atoms with Gasteiger partial charge in [0, 0.05) is 22.3 Å². The van der Waals surface area contributed by atoms with Crippen LogP contribution in [0.5, 0.6) is 11.5 Å². The first-order valence-corrected chi connectivity index (χ1v) is 7.46. The van der Waals surface area contributed by atoms with E-state index in [0.29, 0.717) is 21.1 Å². The summed E-state index contributed by atoms with van der Waals surface area (Å²) in [5, 5.41) is 2.84. The number of hydrogen-bond donors (Lipinski definition) is 2. The zero-order chi connectivity index (χ0) is 15.4. The molecule has 0 radical (unpaired) electrons. The lowest BCUT2D eigenvalue weighted by Gasteiger charge is -2.10. The minimum atomic E-state index is -0.101. The van der Waals surface area contributed by atoms with Gasteiger partial charge in [0.25, 0.3) is 0 Å². The molecule has 0 saturated carbocycles. The van der Waals surface area contributed by atoms with Crippen LogP contribution in [0.2, 0.25) is 0 Å². The van der Waals surface area contributed by atoms with Crippen LogP contribution in [0.15, 0.2) is 18.2 Å². The number of anilines is 1. The summed E-state index contributed by atoms with van der Waals surface area (Å²) in [7, 11) is 3.12. The van der Waals surface area contributed by atoms with Gasteiger partial charge in [-0.3, -0.25) is 4.79 Å². The molecule has 2 rings (SSSR count). The van der Waals surface area contributed by atoms with E-state index in [1.54, 1.807) is 32.4 Å². The second-order valence-electron chi connectivity index (χ2n) is 4.36. The largest absolute Gasteiger partial charge is 0.493 e. The number of aromatic nitrogens is 1. The summed E-state index contributed by atoms with van der Waals surface area (Å²) in [5.74, 6) is 1.09. The standard InChI is InChI=1S/C14H16N2O3S2/c1-8-12(21-14(20)15-8)7-13(17)16-9-4-5-10(18-2)11(6-9)19-3/h4-6H,7H2,1-3H3,(H,15,20)(H,16,17). The van der Waals surface area contributed by atoms with E-state index in [9.17, 15) is 4.79 Å². The number of amides is 1. The van der Waals surface area contributed by atoms with E-state index in [-0.39, 0.29) is 12.3 Å². The monoisotopic (exact) mass is 324 g/mol. The number of nitrogens with one attached hydrogen (secondary N) is 2. The lowest BCUT2D eigenvalue weighted by molar-refractivity contribution is -0.115. The predicted octanol–water partition coefficient (Wildman–Crippen LogP) is 3.31. The van der Waals surface area contributed by atoms with Crippen molar-refractivity contribution in [3.05, 3.63) is 32.7 Å². The van der Waals surface area contributed by atoms with Gasteiger partial charge in [-0.05, 0) is 31.3 Å². The first-order valence-electron chi connectivity index (χ1n) is 6.24. The van der Waals surface area contributed by atoms with Gasteiger partial charge in [0.15, 0.2) is 15.5 Å². The van der Waals surface area contributed by atoms with Gasteiger partial charge in [-0.2, -0.15) is 0 Å². The van der Waals surface area contributed by atoms with Crippen molar-refractivity contribution in [1.29, 1.82) is 0 Å². The van der Waals surface area contributed by atoms with Gasteiger partial charge < -0.3 is 19.8 Å². The Bertz CT molecular complexity index is 706. The van der Waals surface area contributed by atoms with Crippen molar-refractivity contribution in [2.45, 2.75) is 13.3 Å². The zero-order valence-electron chi connectivity index (χ0n) is 12.0. The number of aromatic amines is 1. The summed E-state index contributed by atoms with van der Waals surface area (Å²) in [5.41, 5.74) is 1.60. The summed E-state index contributed by atoms with van der Waals surface area (Å²) < 4.78 is 11.0. The summed E-state index contributed by atoms with van der Waals surface area (Å²) in [6.45, 7) is 1.91. The molecule has 112 valence electrons. The quantitative estimate of drug-likeness (QED) is 0.828. The van der Waals surface area contributed by atoms with Crippen LogP contribution >= 0.6 is 23.6 Å². The highest BCUT2D eigenvalue weighted by atomic mass is 32.1. The Balaban J connectivity index is 2.09. The third kappa shape index (κ3) is 3.83. The first kappa shape index (κ1) is 15.5. The van der Waals surface area contributed by atoms with Crippen LogP contribution in [0, 0.1) is 10.9 Å². The van der Waals surface area contributed by atoms with Crippen LogP contribution in [-0.4, -0.2) is 25.1 Å². The normalized spacial score (nSPS) is 10.2. The van der Waals surface area contributed by atoms with E-state index < -0.39 is 0 Å². The van der Waals surface area contributed by atoms with Crippen LogP contribution in [0.3, 0.4) is 0 Å². The molecule has 0 fully saturated rings. The van der Waals surface area contributed by atoms with E-state index in [4.69, 9.17) is 21.7 Å². The molecule has 0 aliphatic heterocycles. The number of rotatable bonds is 5. The fourth-order valence-electron chi connectivity index (χ4n) is 1.87. The topological polar surface area (TPSA) is 63.3 Å². The van der Waals surface area contributed by atoms with Gasteiger partial charge in [0.1, 0.15) is 0 Å². The lowest BCUT2D eigenvalue weighted by atomic mass is 10.2. The molecule has 0 aliphatic carbocycles. The van der Waals surface area contributed by atoms with Gasteiger partial charge in [0.05, 0.1) is 20.6 Å². The average Bonchev–Trinajstić information content (AvgIpc) is 2.76. The Hall–Kier alpha value is -1.86. The Morgan fingerprint density at radius 3 is 2.62 bits per heavy atom. The smallest absolute Gasteiger partial charge is 0.229 e. The molecular formula is C14H16N2O3S2. The number of aryl methyl sites for hydroxylation is 1. The van der Waals surface area contributed by atoms with Gasteiger partial charge in [-0.25, -0.2) is 0 Å². The first-order chi connectivity index (χ1) is 10.0. The van der Waals surface area contributed by atoms with Crippen molar-refractivity contribution in [2.24, 2.45) is 0 Å². The molecule has 0 bridgehead atoms.